The van der Waals surface area contributed by atoms with E-state index in [1.165, 1.54) is 0 Å². The van der Waals surface area contributed by atoms with Crippen LogP contribution in [-0.2, 0) is 16.0 Å². The molecule has 10 heteroatoms. The third-order valence-corrected chi connectivity index (χ3v) is 2.62. The molecule has 0 radical (unpaired) electrons. The van der Waals surface area contributed by atoms with Crippen molar-refractivity contribution in [2.45, 2.75) is 45.8 Å². The van der Waals surface area contributed by atoms with E-state index in [0.717, 1.165) is 0 Å². The highest BCUT2D eigenvalue weighted by molar-refractivity contribution is 5.87. The van der Waals surface area contributed by atoms with Crippen molar-refractivity contribution in [3.8, 4) is 5.88 Å². The maximum atomic E-state index is 11.7. The van der Waals surface area contributed by atoms with E-state index >= 15 is 0 Å². The number of hydrogen-bond acceptors (Lipinski definition) is 7. The normalized spacial score (nSPS) is 12.3. The molecular weight excluding hydrogens is 324 g/mol. The third kappa shape index (κ3) is 5.45. The Bertz CT molecular complexity index is 617. The molecule has 24 heavy (non-hydrogen) atoms. The van der Waals surface area contributed by atoms with Gasteiger partial charge in [-0.1, -0.05) is 0 Å². The molecule has 0 aromatic carbocycles. The Labute approximate surface area is 137 Å². The van der Waals surface area contributed by atoms with Crippen LogP contribution in [0.15, 0.2) is 4.52 Å². The molecule has 1 amide bonds. The average molecular weight is 344 g/mol. The molecule has 134 valence electrons. The number of carbonyl (C=O) groups is 3. The van der Waals surface area contributed by atoms with Crippen molar-refractivity contribution >= 4 is 18.0 Å². The van der Waals surface area contributed by atoms with Gasteiger partial charge in [-0.05, 0) is 32.9 Å². The molecule has 0 unspecified atom stereocenters. The molecule has 0 aliphatic carbocycles. The second kappa shape index (κ2) is 7.66. The molecular formula is C14H20N2O8. The molecule has 0 spiro atoms. The zero-order chi connectivity index (χ0) is 18.5. The van der Waals surface area contributed by atoms with Gasteiger partial charge in [0.1, 0.15) is 11.6 Å². The molecule has 1 atom stereocenters. The fraction of sp³-hybridized carbons (Fsp3) is 0.571. The number of nitrogens with zero attached hydrogens (tertiary/aromatic N) is 1. The Morgan fingerprint density at radius 2 is 1.92 bits per heavy atom. The van der Waals surface area contributed by atoms with Crippen LogP contribution in [0.1, 0.15) is 43.8 Å². The van der Waals surface area contributed by atoms with Crippen LogP contribution in [-0.4, -0.2) is 51.7 Å². The smallest absolute Gasteiger partial charge is 0.408 e. The Kier molecular flexibility index (Phi) is 6.15. The van der Waals surface area contributed by atoms with E-state index in [1.807, 2.05) is 0 Å². The Morgan fingerprint density at radius 1 is 1.29 bits per heavy atom. The van der Waals surface area contributed by atoms with E-state index in [-0.39, 0.29) is 18.1 Å². The first-order valence-corrected chi connectivity index (χ1v) is 7.12. The standard InChI is InChI=1S/C14H20N2O8/c1-5-22-10-7(9(12(19)20)24-16-10)6-8(11(17)18)15-13(21)23-14(2,3)4/h8H,5-6H2,1-4H3,(H,15,21)(H,17,18)(H,19,20)/t8-/m0/s1. The Morgan fingerprint density at radius 3 is 2.38 bits per heavy atom. The zero-order valence-electron chi connectivity index (χ0n) is 13.8. The number of carbonyl (C=O) groups excluding carboxylic acids is 1. The number of amides is 1. The highest BCUT2D eigenvalue weighted by atomic mass is 16.6. The van der Waals surface area contributed by atoms with Crippen molar-refractivity contribution in [2.24, 2.45) is 0 Å². The number of nitrogens with one attached hydrogen (secondary N) is 1. The number of aromatic nitrogens is 1. The van der Waals surface area contributed by atoms with Gasteiger partial charge in [0, 0.05) is 6.42 Å². The quantitative estimate of drug-likeness (QED) is 0.665. The van der Waals surface area contributed by atoms with Gasteiger partial charge in [0.25, 0.3) is 11.6 Å². The van der Waals surface area contributed by atoms with Crippen molar-refractivity contribution < 1.29 is 38.6 Å². The number of carboxylic acids is 2. The predicted octanol–water partition coefficient (Wildman–Crippen LogP) is 1.29. The van der Waals surface area contributed by atoms with Crippen molar-refractivity contribution in [1.82, 2.24) is 10.5 Å². The van der Waals surface area contributed by atoms with E-state index in [2.05, 4.69) is 15.0 Å². The summed E-state index contributed by atoms with van der Waals surface area (Å²) < 4.78 is 14.8. The lowest BCUT2D eigenvalue weighted by Crippen LogP contribution is -2.44. The van der Waals surface area contributed by atoms with Crippen LogP contribution < -0.4 is 10.1 Å². The summed E-state index contributed by atoms with van der Waals surface area (Å²) in [5.74, 6) is -3.48. The number of ether oxygens (including phenoxy) is 2. The fourth-order valence-corrected chi connectivity index (χ4v) is 1.75. The van der Waals surface area contributed by atoms with Gasteiger partial charge >= 0.3 is 18.0 Å². The highest BCUT2D eigenvalue weighted by Gasteiger charge is 2.30. The summed E-state index contributed by atoms with van der Waals surface area (Å²) >= 11 is 0. The van der Waals surface area contributed by atoms with Crippen molar-refractivity contribution in [2.75, 3.05) is 6.61 Å². The van der Waals surface area contributed by atoms with Gasteiger partial charge in [-0.2, -0.15) is 0 Å². The van der Waals surface area contributed by atoms with E-state index in [9.17, 15) is 19.5 Å². The molecule has 3 N–H and O–H groups in total. The van der Waals surface area contributed by atoms with Crippen LogP contribution in [0.5, 0.6) is 5.88 Å². The third-order valence-electron chi connectivity index (χ3n) is 2.62. The number of alkyl carbamates (subject to hydrolysis) is 1. The average Bonchev–Trinajstić information content (AvgIpc) is 2.79. The molecule has 0 saturated carbocycles. The minimum atomic E-state index is -1.45. The summed E-state index contributed by atoms with van der Waals surface area (Å²) in [7, 11) is 0. The molecule has 0 fully saturated rings. The molecule has 1 aromatic heterocycles. The lowest BCUT2D eigenvalue weighted by molar-refractivity contribution is -0.139. The van der Waals surface area contributed by atoms with Crippen LogP contribution in [0, 0.1) is 0 Å². The second-order valence-electron chi connectivity index (χ2n) is 5.77. The van der Waals surface area contributed by atoms with Crippen molar-refractivity contribution in [3.63, 3.8) is 0 Å². The molecule has 0 bridgehead atoms. The SMILES string of the molecule is CCOc1noc(C(=O)O)c1C[C@H](NC(=O)OC(C)(C)C)C(=O)O. The summed E-state index contributed by atoms with van der Waals surface area (Å²) in [4.78, 5) is 34.3. The van der Waals surface area contributed by atoms with Gasteiger partial charge in [-0.3, -0.25) is 0 Å². The zero-order valence-corrected chi connectivity index (χ0v) is 13.8. The van der Waals surface area contributed by atoms with Gasteiger partial charge in [0.05, 0.1) is 12.2 Å². The first-order chi connectivity index (χ1) is 11.0. The van der Waals surface area contributed by atoms with Crippen LogP contribution >= 0.6 is 0 Å². The number of aromatic carboxylic acids is 1. The first-order valence-electron chi connectivity index (χ1n) is 7.12. The highest BCUT2D eigenvalue weighted by Crippen LogP contribution is 2.23. The van der Waals surface area contributed by atoms with E-state index < -0.39 is 41.9 Å². The van der Waals surface area contributed by atoms with E-state index in [0.29, 0.717) is 0 Å². The van der Waals surface area contributed by atoms with Crippen molar-refractivity contribution in [1.29, 1.82) is 0 Å². The lowest BCUT2D eigenvalue weighted by atomic mass is 10.1. The first kappa shape index (κ1) is 19.3. The Balaban J connectivity index is 3.00. The lowest BCUT2D eigenvalue weighted by Gasteiger charge is -2.22. The Hall–Kier alpha value is -2.78. The molecule has 1 heterocycles. The molecule has 0 saturated heterocycles. The van der Waals surface area contributed by atoms with E-state index in [4.69, 9.17) is 14.6 Å². The van der Waals surface area contributed by atoms with Crippen LogP contribution in [0.25, 0.3) is 0 Å². The minimum absolute atomic E-state index is 0.0622. The fourth-order valence-electron chi connectivity index (χ4n) is 1.75. The minimum Gasteiger partial charge on any atom is -0.480 e. The van der Waals surface area contributed by atoms with Gasteiger partial charge in [-0.25, -0.2) is 14.4 Å². The predicted molar refractivity (Wildman–Crippen MR) is 79.1 cm³/mol. The van der Waals surface area contributed by atoms with Crippen molar-refractivity contribution in [3.05, 3.63) is 11.3 Å². The van der Waals surface area contributed by atoms with Crippen LogP contribution in [0.4, 0.5) is 4.79 Å². The number of aliphatic carboxylic acids is 1. The maximum Gasteiger partial charge on any atom is 0.408 e. The van der Waals surface area contributed by atoms with Gasteiger partial charge < -0.3 is 29.5 Å². The summed E-state index contributed by atoms with van der Waals surface area (Å²) in [5.41, 5.74) is -0.875. The number of carboxylic acid groups (broad SMARTS) is 2. The van der Waals surface area contributed by atoms with Crippen LogP contribution in [0.3, 0.4) is 0 Å². The molecule has 1 rings (SSSR count). The van der Waals surface area contributed by atoms with Gasteiger partial charge in [0.2, 0.25) is 0 Å². The monoisotopic (exact) mass is 344 g/mol. The van der Waals surface area contributed by atoms with Crippen LogP contribution in [0.2, 0.25) is 0 Å². The molecule has 1 aromatic rings. The topological polar surface area (TPSA) is 148 Å². The largest absolute Gasteiger partial charge is 0.480 e. The summed E-state index contributed by atoms with van der Waals surface area (Å²) in [6, 6.07) is -1.45. The summed E-state index contributed by atoms with van der Waals surface area (Å²) in [5, 5.41) is 24.0. The molecule has 0 aliphatic rings. The molecule has 0 aliphatic heterocycles. The van der Waals surface area contributed by atoms with E-state index in [1.54, 1.807) is 27.7 Å². The van der Waals surface area contributed by atoms with Gasteiger partial charge in [-0.15, -0.1) is 0 Å². The number of rotatable bonds is 7. The van der Waals surface area contributed by atoms with Gasteiger partial charge in [0.15, 0.2) is 0 Å². The second-order valence-corrected chi connectivity index (χ2v) is 5.77. The number of hydrogen-bond donors (Lipinski definition) is 3. The summed E-state index contributed by atoms with van der Waals surface area (Å²) in [6.45, 7) is 6.69. The molecule has 10 nitrogen and oxygen atoms in total. The maximum absolute atomic E-state index is 11.7. The summed E-state index contributed by atoms with van der Waals surface area (Å²) in [6.07, 6.45) is -1.34.